The number of amides is 1. The number of aryl methyl sites for hydroxylation is 1. The first kappa shape index (κ1) is 20.9. The number of sulfonamides is 1. The van der Waals surface area contributed by atoms with Crippen molar-refractivity contribution in [2.45, 2.75) is 11.8 Å². The summed E-state index contributed by atoms with van der Waals surface area (Å²) in [5.41, 5.74) is 0.823. The number of hydrogen-bond donors (Lipinski definition) is 1. The third kappa shape index (κ3) is 4.61. The normalized spacial score (nSPS) is 15.8. The fraction of sp³-hybridized carbons (Fsp3) is 0.316. The van der Waals surface area contributed by atoms with Gasteiger partial charge >= 0.3 is 0 Å². The smallest absolute Gasteiger partial charge is 0.271 e. The van der Waals surface area contributed by atoms with Gasteiger partial charge in [-0.2, -0.15) is 4.31 Å². The number of hydrogen-bond acceptors (Lipinski definition) is 6. The molecule has 0 aromatic heterocycles. The van der Waals surface area contributed by atoms with Crippen molar-refractivity contribution in [3.8, 4) is 0 Å². The first-order valence-electron chi connectivity index (χ1n) is 9.03. The van der Waals surface area contributed by atoms with Gasteiger partial charge in [0.15, 0.2) is 0 Å². The average Bonchev–Trinajstić information content (AvgIpc) is 2.68. The Kier molecular flexibility index (Phi) is 5.96. The van der Waals surface area contributed by atoms with E-state index in [1.807, 2.05) is 7.05 Å². The van der Waals surface area contributed by atoms with Crippen LogP contribution in [-0.2, 0) is 10.0 Å². The number of nitro benzene ring substituents is 1. The van der Waals surface area contributed by atoms with Gasteiger partial charge in [-0.3, -0.25) is 14.9 Å². The van der Waals surface area contributed by atoms with E-state index in [1.54, 1.807) is 13.0 Å². The molecule has 0 bridgehead atoms. The summed E-state index contributed by atoms with van der Waals surface area (Å²) >= 11 is 0. The maximum Gasteiger partial charge on any atom is 0.271 e. The second kappa shape index (κ2) is 8.27. The zero-order valence-electron chi connectivity index (χ0n) is 16.2. The molecule has 154 valence electrons. The number of piperazine rings is 1. The maximum atomic E-state index is 13.1. The number of non-ortho nitro benzene ring substituents is 1. The van der Waals surface area contributed by atoms with Crippen molar-refractivity contribution in [3.05, 3.63) is 63.7 Å². The van der Waals surface area contributed by atoms with Gasteiger partial charge in [-0.05, 0) is 37.7 Å². The fourth-order valence-electron chi connectivity index (χ4n) is 3.09. The fourth-order valence-corrected chi connectivity index (χ4v) is 4.76. The molecule has 0 spiro atoms. The van der Waals surface area contributed by atoms with Crippen molar-refractivity contribution in [1.82, 2.24) is 9.21 Å². The molecule has 9 nitrogen and oxygen atoms in total. The van der Waals surface area contributed by atoms with E-state index < -0.39 is 20.9 Å². The number of anilines is 1. The molecule has 0 radical (unpaired) electrons. The topological polar surface area (TPSA) is 113 Å². The van der Waals surface area contributed by atoms with Gasteiger partial charge in [-0.25, -0.2) is 8.42 Å². The summed E-state index contributed by atoms with van der Waals surface area (Å²) in [5, 5.41) is 13.5. The summed E-state index contributed by atoms with van der Waals surface area (Å²) in [6, 6.07) is 10.0. The van der Waals surface area contributed by atoms with E-state index in [0.29, 0.717) is 31.7 Å². The van der Waals surface area contributed by atoms with Crippen LogP contribution in [0, 0.1) is 17.0 Å². The van der Waals surface area contributed by atoms with E-state index in [1.165, 1.54) is 40.7 Å². The molecule has 1 saturated heterocycles. The van der Waals surface area contributed by atoms with E-state index in [-0.39, 0.29) is 21.8 Å². The largest absolute Gasteiger partial charge is 0.322 e. The van der Waals surface area contributed by atoms with E-state index >= 15 is 0 Å². The summed E-state index contributed by atoms with van der Waals surface area (Å²) in [7, 11) is -1.79. The molecule has 0 aliphatic carbocycles. The number of carbonyl (C=O) groups is 1. The van der Waals surface area contributed by atoms with Crippen LogP contribution in [0.15, 0.2) is 47.4 Å². The molecule has 0 atom stereocenters. The molecule has 0 unspecified atom stereocenters. The highest BCUT2D eigenvalue weighted by atomic mass is 32.2. The maximum absolute atomic E-state index is 13.1. The highest BCUT2D eigenvalue weighted by Crippen LogP contribution is 2.24. The predicted molar refractivity (Wildman–Crippen MR) is 108 cm³/mol. The van der Waals surface area contributed by atoms with Crippen LogP contribution in [-0.4, -0.2) is 61.7 Å². The summed E-state index contributed by atoms with van der Waals surface area (Å²) < 4.78 is 27.6. The number of rotatable bonds is 5. The van der Waals surface area contributed by atoms with Gasteiger partial charge in [0, 0.05) is 49.6 Å². The number of nitrogens with one attached hydrogen (secondary N) is 1. The Labute approximate surface area is 169 Å². The molecule has 1 aliphatic rings. The van der Waals surface area contributed by atoms with Gasteiger partial charge in [-0.15, -0.1) is 0 Å². The molecular weight excluding hydrogens is 396 g/mol. The van der Waals surface area contributed by atoms with Gasteiger partial charge in [-0.1, -0.05) is 12.1 Å². The molecule has 0 saturated carbocycles. The van der Waals surface area contributed by atoms with Gasteiger partial charge in [0.1, 0.15) is 0 Å². The Bertz CT molecular complexity index is 1050. The average molecular weight is 418 g/mol. The van der Waals surface area contributed by atoms with Crippen LogP contribution in [0.25, 0.3) is 0 Å². The van der Waals surface area contributed by atoms with E-state index in [0.717, 1.165) is 0 Å². The Morgan fingerprint density at radius 1 is 1.10 bits per heavy atom. The summed E-state index contributed by atoms with van der Waals surface area (Å²) in [6.45, 7) is 3.76. The molecule has 10 heteroatoms. The van der Waals surface area contributed by atoms with Crippen LogP contribution in [0.1, 0.15) is 15.9 Å². The van der Waals surface area contributed by atoms with Crippen molar-refractivity contribution in [2.24, 2.45) is 0 Å². The van der Waals surface area contributed by atoms with Crippen LogP contribution in [0.3, 0.4) is 0 Å². The monoisotopic (exact) mass is 418 g/mol. The molecule has 3 rings (SSSR count). The predicted octanol–water partition coefficient (Wildman–Crippen LogP) is 2.09. The number of likely N-dealkylation sites (N-methyl/N-ethyl adjacent to an activating group) is 1. The van der Waals surface area contributed by atoms with Crippen molar-refractivity contribution in [3.63, 3.8) is 0 Å². The molecule has 1 amide bonds. The van der Waals surface area contributed by atoms with E-state index in [4.69, 9.17) is 0 Å². The summed E-state index contributed by atoms with van der Waals surface area (Å²) in [4.78, 5) is 25.1. The minimum atomic E-state index is -3.73. The quantitative estimate of drug-likeness (QED) is 0.588. The Balaban J connectivity index is 1.86. The van der Waals surface area contributed by atoms with Crippen molar-refractivity contribution in [2.75, 3.05) is 38.5 Å². The molecule has 1 N–H and O–H groups in total. The van der Waals surface area contributed by atoms with Crippen LogP contribution in [0.4, 0.5) is 11.4 Å². The lowest BCUT2D eigenvalue weighted by Gasteiger charge is -2.32. The highest BCUT2D eigenvalue weighted by Gasteiger charge is 2.29. The number of benzene rings is 2. The van der Waals surface area contributed by atoms with Gasteiger partial charge in [0.2, 0.25) is 10.0 Å². The second-order valence-electron chi connectivity index (χ2n) is 6.95. The SMILES string of the molecule is Cc1ccc(C(=O)Nc2cccc([N+](=O)[O-])c2)cc1S(=O)(=O)N1CCN(C)CC1. The lowest BCUT2D eigenvalue weighted by molar-refractivity contribution is -0.384. The first-order chi connectivity index (χ1) is 13.7. The zero-order valence-corrected chi connectivity index (χ0v) is 17.0. The molecular formula is C19H22N4O5S. The first-order valence-corrected chi connectivity index (χ1v) is 10.5. The zero-order chi connectivity index (χ0) is 21.2. The van der Waals surface area contributed by atoms with Crippen molar-refractivity contribution >= 4 is 27.3 Å². The third-order valence-corrected chi connectivity index (χ3v) is 6.89. The standard InChI is InChI=1S/C19H22N4O5S/c1-14-6-7-15(19(24)20-16-4-3-5-17(13-16)23(25)26)12-18(14)29(27,28)22-10-8-21(2)9-11-22/h3-7,12-13H,8-11H2,1-2H3,(H,20,24). The molecule has 2 aromatic rings. The lowest BCUT2D eigenvalue weighted by atomic mass is 10.1. The molecule has 29 heavy (non-hydrogen) atoms. The molecule has 1 aliphatic heterocycles. The van der Waals surface area contributed by atoms with Gasteiger partial charge < -0.3 is 10.2 Å². The van der Waals surface area contributed by atoms with Gasteiger partial charge in [0.05, 0.1) is 9.82 Å². The second-order valence-corrected chi connectivity index (χ2v) is 8.86. The minimum absolute atomic E-state index is 0.0914. The lowest BCUT2D eigenvalue weighted by Crippen LogP contribution is -2.47. The van der Waals surface area contributed by atoms with Crippen molar-refractivity contribution < 1.29 is 18.1 Å². The Hall–Kier alpha value is -2.82. The Morgan fingerprint density at radius 3 is 2.45 bits per heavy atom. The highest BCUT2D eigenvalue weighted by molar-refractivity contribution is 7.89. The molecule has 2 aromatic carbocycles. The van der Waals surface area contributed by atoms with Crippen LogP contribution in [0.5, 0.6) is 0 Å². The molecule has 1 fully saturated rings. The Morgan fingerprint density at radius 2 is 1.79 bits per heavy atom. The molecule has 1 heterocycles. The van der Waals surface area contributed by atoms with Gasteiger partial charge in [0.25, 0.3) is 11.6 Å². The van der Waals surface area contributed by atoms with Crippen molar-refractivity contribution in [1.29, 1.82) is 0 Å². The third-order valence-electron chi connectivity index (χ3n) is 4.85. The minimum Gasteiger partial charge on any atom is -0.322 e. The number of nitrogens with zero attached hydrogens (tertiary/aromatic N) is 3. The van der Waals surface area contributed by atoms with Crippen LogP contribution in [0.2, 0.25) is 0 Å². The summed E-state index contributed by atoms with van der Waals surface area (Å²) in [5.74, 6) is -0.541. The van der Waals surface area contributed by atoms with Crippen LogP contribution < -0.4 is 5.32 Å². The summed E-state index contributed by atoms with van der Waals surface area (Å²) in [6.07, 6.45) is 0. The van der Waals surface area contributed by atoms with E-state index in [2.05, 4.69) is 10.2 Å². The van der Waals surface area contributed by atoms with E-state index in [9.17, 15) is 23.3 Å². The van der Waals surface area contributed by atoms with Crippen LogP contribution >= 0.6 is 0 Å². The number of carbonyl (C=O) groups excluding carboxylic acids is 1. The number of nitro groups is 1.